The first-order valence-electron chi connectivity index (χ1n) is 1.68. The lowest BCUT2D eigenvalue weighted by Crippen LogP contribution is -1.89. The van der Waals surface area contributed by atoms with Crippen LogP contribution in [-0.4, -0.2) is 17.5 Å². The Bertz CT molecular complexity index is 133. The monoisotopic (exact) mass is 174 g/mol. The van der Waals surface area contributed by atoms with E-state index in [0.29, 0.717) is 0 Å². The second-order valence-corrected chi connectivity index (χ2v) is 1.75. The van der Waals surface area contributed by atoms with Crippen LogP contribution >= 0.6 is 0 Å². The van der Waals surface area contributed by atoms with Gasteiger partial charge in [0, 0.05) is 0 Å². The summed E-state index contributed by atoms with van der Waals surface area (Å²) >= 11 is 0. The van der Waals surface area contributed by atoms with Crippen molar-refractivity contribution in [2.24, 2.45) is 0 Å². The molecule has 0 aromatic rings. The minimum absolute atomic E-state index is 0. The third-order valence-corrected chi connectivity index (χ3v) is 0. The summed E-state index contributed by atoms with van der Waals surface area (Å²) in [5.41, 5.74) is 0. The molecule has 0 rings (SSSR count). The van der Waals surface area contributed by atoms with Gasteiger partial charge in [-0.2, -0.15) is 8.42 Å². The highest BCUT2D eigenvalue weighted by Gasteiger charge is 1.84. The summed E-state index contributed by atoms with van der Waals surface area (Å²) in [4.78, 5) is 0. The molecule has 0 bridgehead atoms. The number of rotatable bonds is 0. The Labute approximate surface area is 60.7 Å². The lowest BCUT2D eigenvalue weighted by Gasteiger charge is -1.68. The minimum atomic E-state index is -4.67. The predicted octanol–water partition coefficient (Wildman–Crippen LogP) is 0.863. The van der Waals surface area contributed by atoms with Crippen molar-refractivity contribution in [3.63, 3.8) is 0 Å². The SMILES string of the molecule is C=CC.N.N.O=S(=O)(O)O. The minimum Gasteiger partial charge on any atom is -0.344 e. The van der Waals surface area contributed by atoms with Crippen LogP contribution in [0.25, 0.3) is 0 Å². The van der Waals surface area contributed by atoms with Gasteiger partial charge in [0.1, 0.15) is 0 Å². The molecule has 0 spiro atoms. The summed E-state index contributed by atoms with van der Waals surface area (Å²) in [6, 6.07) is 0. The van der Waals surface area contributed by atoms with Crippen molar-refractivity contribution in [2.75, 3.05) is 0 Å². The van der Waals surface area contributed by atoms with Gasteiger partial charge in [-0.15, -0.1) is 6.58 Å². The van der Waals surface area contributed by atoms with Crippen LogP contribution in [-0.2, 0) is 10.4 Å². The molecule has 0 unspecified atom stereocenters. The molecule has 0 amide bonds. The molecule has 0 saturated heterocycles. The smallest absolute Gasteiger partial charge is 0.344 e. The van der Waals surface area contributed by atoms with Crippen molar-refractivity contribution in [2.45, 2.75) is 6.92 Å². The molecule has 0 aliphatic carbocycles. The Morgan fingerprint density at radius 1 is 1.30 bits per heavy atom. The maximum Gasteiger partial charge on any atom is 0.394 e. The molecule has 7 heteroatoms. The Morgan fingerprint density at radius 3 is 1.30 bits per heavy atom. The van der Waals surface area contributed by atoms with E-state index in [1.807, 2.05) is 6.92 Å². The van der Waals surface area contributed by atoms with Crippen LogP contribution < -0.4 is 12.3 Å². The van der Waals surface area contributed by atoms with Gasteiger partial charge in [-0.3, -0.25) is 9.11 Å². The van der Waals surface area contributed by atoms with E-state index in [4.69, 9.17) is 17.5 Å². The van der Waals surface area contributed by atoms with Crippen molar-refractivity contribution in [1.29, 1.82) is 0 Å². The Hall–Kier alpha value is -0.470. The molecule has 0 aromatic carbocycles. The molecule has 0 fully saturated rings. The fourth-order valence-electron chi connectivity index (χ4n) is 0. The Kier molecular flexibility index (Phi) is 25.7. The molecule has 0 heterocycles. The zero-order chi connectivity index (χ0) is 7.21. The summed E-state index contributed by atoms with van der Waals surface area (Å²) in [6.07, 6.45) is 1.75. The molecule has 8 N–H and O–H groups in total. The van der Waals surface area contributed by atoms with Crippen LogP contribution in [0.5, 0.6) is 0 Å². The lowest BCUT2D eigenvalue weighted by molar-refractivity contribution is 0.381. The van der Waals surface area contributed by atoms with Crippen molar-refractivity contribution >= 4 is 10.4 Å². The zero-order valence-electron chi connectivity index (χ0n) is 5.82. The van der Waals surface area contributed by atoms with Gasteiger partial charge in [0.25, 0.3) is 0 Å². The van der Waals surface area contributed by atoms with Crippen LogP contribution in [0.1, 0.15) is 6.92 Å². The first kappa shape index (κ1) is 22.7. The van der Waals surface area contributed by atoms with Gasteiger partial charge in [0.05, 0.1) is 0 Å². The number of allylic oxidation sites excluding steroid dienone is 1. The molecule has 0 aromatic heterocycles. The van der Waals surface area contributed by atoms with E-state index in [2.05, 4.69) is 6.58 Å². The molecular formula is C3H14N2O4S. The molecule has 0 radical (unpaired) electrons. The van der Waals surface area contributed by atoms with Crippen molar-refractivity contribution in [3.8, 4) is 0 Å². The van der Waals surface area contributed by atoms with Crippen LogP contribution in [0, 0.1) is 0 Å². The third kappa shape index (κ3) is 1450. The van der Waals surface area contributed by atoms with E-state index in [-0.39, 0.29) is 12.3 Å². The highest BCUT2D eigenvalue weighted by atomic mass is 32.3. The summed E-state index contributed by atoms with van der Waals surface area (Å²) < 4.78 is 31.6. The predicted molar refractivity (Wildman–Crippen MR) is 40.1 cm³/mol. The highest BCUT2D eigenvalue weighted by Crippen LogP contribution is 1.59. The van der Waals surface area contributed by atoms with Crippen molar-refractivity contribution in [1.82, 2.24) is 12.3 Å². The van der Waals surface area contributed by atoms with E-state index in [9.17, 15) is 0 Å². The highest BCUT2D eigenvalue weighted by molar-refractivity contribution is 7.79. The molecule has 0 saturated carbocycles. The largest absolute Gasteiger partial charge is 0.394 e. The first-order chi connectivity index (χ1) is 3.41. The third-order valence-electron chi connectivity index (χ3n) is 0. The van der Waals surface area contributed by atoms with Gasteiger partial charge in [-0.05, 0) is 6.92 Å². The van der Waals surface area contributed by atoms with Crippen molar-refractivity contribution in [3.05, 3.63) is 12.7 Å². The average Bonchev–Trinajstić information content (AvgIpc) is 1.27. The van der Waals surface area contributed by atoms with Crippen LogP contribution in [0.15, 0.2) is 12.7 Å². The van der Waals surface area contributed by atoms with Gasteiger partial charge in [-0.25, -0.2) is 0 Å². The van der Waals surface area contributed by atoms with Gasteiger partial charge in [0.15, 0.2) is 0 Å². The van der Waals surface area contributed by atoms with Crippen LogP contribution in [0.2, 0.25) is 0 Å². The number of hydrogen-bond donors (Lipinski definition) is 4. The van der Waals surface area contributed by atoms with E-state index >= 15 is 0 Å². The lowest BCUT2D eigenvalue weighted by atomic mass is 10.8. The molecule has 66 valence electrons. The second-order valence-electron chi connectivity index (χ2n) is 0.856. The van der Waals surface area contributed by atoms with Gasteiger partial charge >= 0.3 is 10.4 Å². The standard InChI is InChI=1S/C3H6.2H3N.H2O4S/c1-3-2;;;1-5(2,3)4/h3H,1H2,2H3;2*1H3;(H2,1,2,3,4). The summed E-state index contributed by atoms with van der Waals surface area (Å²) in [7, 11) is -4.67. The summed E-state index contributed by atoms with van der Waals surface area (Å²) in [5.74, 6) is 0. The van der Waals surface area contributed by atoms with Gasteiger partial charge < -0.3 is 12.3 Å². The molecule has 10 heavy (non-hydrogen) atoms. The van der Waals surface area contributed by atoms with Gasteiger partial charge in [-0.1, -0.05) is 6.08 Å². The van der Waals surface area contributed by atoms with Crippen molar-refractivity contribution < 1.29 is 17.5 Å². The van der Waals surface area contributed by atoms with E-state index < -0.39 is 10.4 Å². The zero-order valence-corrected chi connectivity index (χ0v) is 6.63. The molecule has 0 atom stereocenters. The molecule has 6 nitrogen and oxygen atoms in total. The van der Waals surface area contributed by atoms with E-state index in [1.165, 1.54) is 0 Å². The fraction of sp³-hybridized carbons (Fsp3) is 0.333. The summed E-state index contributed by atoms with van der Waals surface area (Å²) in [6.45, 7) is 5.25. The molecule has 0 aliphatic rings. The van der Waals surface area contributed by atoms with Gasteiger partial charge in [0.2, 0.25) is 0 Å². The normalized spacial score (nSPS) is 7.10. The van der Waals surface area contributed by atoms with E-state index in [1.54, 1.807) is 6.08 Å². The van der Waals surface area contributed by atoms with Crippen LogP contribution in [0.3, 0.4) is 0 Å². The fourth-order valence-corrected chi connectivity index (χ4v) is 0. The first-order valence-corrected chi connectivity index (χ1v) is 3.08. The topological polar surface area (TPSA) is 145 Å². The summed E-state index contributed by atoms with van der Waals surface area (Å²) in [5, 5.41) is 0. The Morgan fingerprint density at radius 2 is 1.30 bits per heavy atom. The van der Waals surface area contributed by atoms with Crippen LogP contribution in [0.4, 0.5) is 0 Å². The maximum absolute atomic E-state index is 8.74. The molecule has 0 aliphatic heterocycles. The molecular weight excluding hydrogens is 160 g/mol. The second kappa shape index (κ2) is 11.3. The van der Waals surface area contributed by atoms with E-state index in [0.717, 1.165) is 0 Å². The Balaban J connectivity index is -0.0000000326. The number of hydrogen-bond acceptors (Lipinski definition) is 4. The quantitative estimate of drug-likeness (QED) is 0.316. The average molecular weight is 174 g/mol. The maximum atomic E-state index is 8.74.